The number of fused-ring (bicyclic) bond motifs is 1. The smallest absolute Gasteiger partial charge is 0.271 e. The molecule has 0 radical (unpaired) electrons. The third kappa shape index (κ3) is 1.84. The van der Waals surface area contributed by atoms with E-state index in [-0.39, 0.29) is 5.56 Å². The average molecular weight is 238 g/mol. The highest BCUT2D eigenvalue weighted by molar-refractivity contribution is 5.78. The second-order valence-corrected chi connectivity index (χ2v) is 4.53. The van der Waals surface area contributed by atoms with Crippen LogP contribution in [0, 0.1) is 6.92 Å². The highest BCUT2D eigenvalue weighted by atomic mass is 16.1. The summed E-state index contributed by atoms with van der Waals surface area (Å²) in [5.74, 6) is 0. The molecular weight excluding hydrogens is 224 g/mol. The van der Waals surface area contributed by atoms with Gasteiger partial charge in [0.15, 0.2) is 0 Å². The maximum atomic E-state index is 11.8. The van der Waals surface area contributed by atoms with Crippen LogP contribution >= 0.6 is 0 Å². The van der Waals surface area contributed by atoms with Gasteiger partial charge in [-0.3, -0.25) is 14.6 Å². The van der Waals surface area contributed by atoms with Crippen molar-refractivity contribution < 1.29 is 0 Å². The quantitative estimate of drug-likeness (QED) is 0.732. The molecule has 18 heavy (non-hydrogen) atoms. The van der Waals surface area contributed by atoms with E-state index in [1.807, 2.05) is 35.0 Å². The van der Waals surface area contributed by atoms with Gasteiger partial charge < -0.3 is 0 Å². The van der Waals surface area contributed by atoms with E-state index < -0.39 is 0 Å². The molecule has 0 saturated carbocycles. The Hall–Kier alpha value is -2.29. The molecular formula is C15H14N2O. The lowest BCUT2D eigenvalue weighted by molar-refractivity contribution is 0.702. The van der Waals surface area contributed by atoms with E-state index in [4.69, 9.17) is 0 Å². The largest absolute Gasteiger partial charge is 0.280 e. The zero-order valence-electron chi connectivity index (χ0n) is 10.2. The molecule has 3 rings (SSSR count). The fourth-order valence-electron chi connectivity index (χ4n) is 2.26. The Labute approximate surface area is 105 Å². The van der Waals surface area contributed by atoms with Crippen molar-refractivity contribution >= 4 is 10.9 Å². The lowest BCUT2D eigenvalue weighted by Gasteiger charge is -2.05. The fraction of sp³-hybridized carbons (Fsp3) is 0.133. The molecule has 3 aromatic rings. The topological polar surface area (TPSA) is 37.8 Å². The number of hydrogen-bond donors (Lipinski definition) is 1. The highest BCUT2D eigenvalue weighted by Crippen LogP contribution is 2.12. The van der Waals surface area contributed by atoms with Crippen molar-refractivity contribution in [2.75, 3.05) is 0 Å². The van der Waals surface area contributed by atoms with Crippen LogP contribution in [0.3, 0.4) is 0 Å². The van der Waals surface area contributed by atoms with Gasteiger partial charge in [-0.2, -0.15) is 0 Å². The Bertz CT molecular complexity index is 752. The van der Waals surface area contributed by atoms with Crippen molar-refractivity contribution in [2.24, 2.45) is 0 Å². The SMILES string of the molecule is Cc1cccc(Cn2[nH]c(=O)c3ccccc32)c1. The third-order valence-electron chi connectivity index (χ3n) is 3.10. The van der Waals surface area contributed by atoms with Crippen molar-refractivity contribution in [1.29, 1.82) is 0 Å². The third-order valence-corrected chi connectivity index (χ3v) is 3.10. The Morgan fingerprint density at radius 1 is 1.11 bits per heavy atom. The van der Waals surface area contributed by atoms with Gasteiger partial charge in [0.05, 0.1) is 17.4 Å². The van der Waals surface area contributed by atoms with Crippen LogP contribution in [0.5, 0.6) is 0 Å². The molecule has 0 atom stereocenters. The first-order valence-corrected chi connectivity index (χ1v) is 5.97. The summed E-state index contributed by atoms with van der Waals surface area (Å²) in [6, 6.07) is 15.9. The number of aromatic amines is 1. The fourth-order valence-corrected chi connectivity index (χ4v) is 2.26. The second kappa shape index (κ2) is 4.18. The van der Waals surface area contributed by atoms with Crippen molar-refractivity contribution in [1.82, 2.24) is 9.78 Å². The summed E-state index contributed by atoms with van der Waals surface area (Å²) in [6.07, 6.45) is 0. The van der Waals surface area contributed by atoms with Gasteiger partial charge in [-0.15, -0.1) is 0 Å². The van der Waals surface area contributed by atoms with Crippen LogP contribution in [0.4, 0.5) is 0 Å². The first-order valence-electron chi connectivity index (χ1n) is 5.97. The Morgan fingerprint density at radius 3 is 2.78 bits per heavy atom. The van der Waals surface area contributed by atoms with E-state index in [0.717, 1.165) is 10.9 Å². The molecule has 0 saturated heterocycles. The highest BCUT2D eigenvalue weighted by Gasteiger charge is 2.05. The molecule has 0 unspecified atom stereocenters. The van der Waals surface area contributed by atoms with Gasteiger partial charge >= 0.3 is 0 Å². The summed E-state index contributed by atoms with van der Waals surface area (Å²) in [7, 11) is 0. The molecule has 3 nitrogen and oxygen atoms in total. The normalized spacial score (nSPS) is 10.9. The molecule has 1 aromatic heterocycles. The van der Waals surface area contributed by atoms with Gasteiger partial charge in [0.25, 0.3) is 5.56 Å². The van der Waals surface area contributed by atoms with Crippen LogP contribution < -0.4 is 5.56 Å². The van der Waals surface area contributed by atoms with Crippen LogP contribution in [0.1, 0.15) is 11.1 Å². The van der Waals surface area contributed by atoms with E-state index >= 15 is 0 Å². The molecule has 3 heteroatoms. The molecule has 0 bridgehead atoms. The van der Waals surface area contributed by atoms with Gasteiger partial charge in [0.2, 0.25) is 0 Å². The number of aryl methyl sites for hydroxylation is 1. The summed E-state index contributed by atoms with van der Waals surface area (Å²) in [4.78, 5) is 11.8. The van der Waals surface area contributed by atoms with Gasteiger partial charge in [0.1, 0.15) is 0 Å². The minimum absolute atomic E-state index is 0.0294. The molecule has 90 valence electrons. The van der Waals surface area contributed by atoms with E-state index in [1.54, 1.807) is 0 Å². The number of rotatable bonds is 2. The van der Waals surface area contributed by atoms with E-state index in [0.29, 0.717) is 6.54 Å². The molecule has 0 amide bonds. The number of hydrogen-bond acceptors (Lipinski definition) is 1. The van der Waals surface area contributed by atoms with E-state index in [1.165, 1.54) is 11.1 Å². The summed E-state index contributed by atoms with van der Waals surface area (Å²) >= 11 is 0. The lowest BCUT2D eigenvalue weighted by atomic mass is 10.1. The molecule has 1 N–H and O–H groups in total. The Balaban J connectivity index is 2.08. The van der Waals surface area contributed by atoms with Gasteiger partial charge in [-0.25, -0.2) is 0 Å². The summed E-state index contributed by atoms with van der Waals surface area (Å²) in [5, 5.41) is 3.62. The Kier molecular flexibility index (Phi) is 2.52. The van der Waals surface area contributed by atoms with Gasteiger partial charge in [-0.1, -0.05) is 42.0 Å². The lowest BCUT2D eigenvalue weighted by Crippen LogP contribution is -2.06. The molecule has 0 aliphatic carbocycles. The summed E-state index contributed by atoms with van der Waals surface area (Å²) in [6.45, 7) is 2.75. The van der Waals surface area contributed by atoms with Gasteiger partial charge in [0, 0.05) is 0 Å². The standard InChI is InChI=1S/C15H14N2O/c1-11-5-4-6-12(9-11)10-17-14-8-3-2-7-13(14)15(18)16-17/h2-9H,10H2,1H3,(H,16,18). The van der Waals surface area contributed by atoms with Gasteiger partial charge in [-0.05, 0) is 24.6 Å². The number of H-pyrrole nitrogens is 1. The number of para-hydroxylation sites is 1. The van der Waals surface area contributed by atoms with Crippen LogP contribution in [-0.2, 0) is 6.54 Å². The minimum atomic E-state index is -0.0294. The first-order chi connectivity index (χ1) is 8.74. The number of nitrogens with one attached hydrogen (secondary N) is 1. The van der Waals surface area contributed by atoms with Crippen molar-refractivity contribution in [3.05, 3.63) is 70.0 Å². The summed E-state index contributed by atoms with van der Waals surface area (Å²) < 4.78 is 1.90. The predicted molar refractivity (Wildman–Crippen MR) is 72.8 cm³/mol. The first kappa shape index (κ1) is 10.8. The number of aromatic nitrogens is 2. The predicted octanol–water partition coefficient (Wildman–Crippen LogP) is 2.69. The van der Waals surface area contributed by atoms with Crippen molar-refractivity contribution in [3.8, 4) is 0 Å². The van der Waals surface area contributed by atoms with Crippen LogP contribution in [0.2, 0.25) is 0 Å². The van der Waals surface area contributed by atoms with Crippen molar-refractivity contribution in [2.45, 2.75) is 13.5 Å². The molecule has 0 aliphatic rings. The van der Waals surface area contributed by atoms with Crippen LogP contribution in [0.15, 0.2) is 53.3 Å². The number of benzene rings is 2. The second-order valence-electron chi connectivity index (χ2n) is 4.53. The molecule has 0 spiro atoms. The molecule has 0 aliphatic heterocycles. The summed E-state index contributed by atoms with van der Waals surface area (Å²) in [5.41, 5.74) is 3.33. The zero-order valence-corrected chi connectivity index (χ0v) is 10.2. The van der Waals surface area contributed by atoms with Crippen LogP contribution in [-0.4, -0.2) is 9.78 Å². The molecule has 2 aromatic carbocycles. The minimum Gasteiger partial charge on any atom is -0.280 e. The maximum Gasteiger partial charge on any atom is 0.271 e. The molecule has 1 heterocycles. The van der Waals surface area contributed by atoms with Crippen molar-refractivity contribution in [3.63, 3.8) is 0 Å². The van der Waals surface area contributed by atoms with E-state index in [9.17, 15) is 4.79 Å². The Morgan fingerprint density at radius 2 is 1.94 bits per heavy atom. The average Bonchev–Trinajstić information content (AvgIpc) is 2.67. The monoisotopic (exact) mass is 238 g/mol. The van der Waals surface area contributed by atoms with E-state index in [2.05, 4.69) is 30.2 Å². The zero-order chi connectivity index (χ0) is 12.5. The number of nitrogens with zero attached hydrogens (tertiary/aromatic N) is 1. The molecule has 0 fully saturated rings. The maximum absolute atomic E-state index is 11.8. The van der Waals surface area contributed by atoms with Crippen LogP contribution in [0.25, 0.3) is 10.9 Å².